The summed E-state index contributed by atoms with van der Waals surface area (Å²) in [5.74, 6) is 1.07. The zero-order valence-corrected chi connectivity index (χ0v) is 24.1. The summed E-state index contributed by atoms with van der Waals surface area (Å²) in [5.41, 5.74) is 1.54. The lowest BCUT2D eigenvalue weighted by Crippen LogP contribution is -2.36. The first kappa shape index (κ1) is 31.9. The second-order valence-electron chi connectivity index (χ2n) is 10.9. The zero-order chi connectivity index (χ0) is 30.4. The van der Waals surface area contributed by atoms with Gasteiger partial charge in [0.2, 0.25) is 0 Å². The number of hydrogen-bond donors (Lipinski definition) is 0. The molecule has 10 nitrogen and oxygen atoms in total. The van der Waals surface area contributed by atoms with E-state index in [1.165, 1.54) is 0 Å². The predicted molar refractivity (Wildman–Crippen MR) is 148 cm³/mol. The predicted octanol–water partition coefficient (Wildman–Crippen LogP) is 4.06. The van der Waals surface area contributed by atoms with Crippen LogP contribution in [0.1, 0.15) is 52.9 Å². The fourth-order valence-electron chi connectivity index (χ4n) is 5.06. The largest absolute Gasteiger partial charge is 0.498 e. The molecule has 4 saturated heterocycles. The number of carbonyl (C=O) groups excluding carboxylic acids is 4. The summed E-state index contributed by atoms with van der Waals surface area (Å²) in [6, 6.07) is 0. The van der Waals surface area contributed by atoms with Crippen LogP contribution in [-0.2, 0) is 47.6 Å². The number of cyclic esters (lactones) is 1. The summed E-state index contributed by atoms with van der Waals surface area (Å²) >= 11 is 0. The molecule has 0 radical (unpaired) electrons. The second kappa shape index (κ2) is 13.8. The molecule has 224 valence electrons. The molecule has 4 aliphatic heterocycles. The molecule has 5 aliphatic rings. The Labute approximate surface area is 241 Å². The monoisotopic (exact) mass is 572 g/mol. The maximum Gasteiger partial charge on any atom is 0.333 e. The molecule has 0 aromatic carbocycles. The Kier molecular flexibility index (Phi) is 10.7. The standard InChI is InChI=1S/C14H18O3.C9H12O3.C8H10O4/c1-7(2)8(3)16-12-5-11-10-6-15-9(4)13(10)14(12)17-11;1-6(2)9(11)12-8-5-3-4-7(8)10;1-5(2)8(10)12-6-3-7(9)11-4-6/h10-14H,1,3-6H2,2H3;8H,1,3-5H2,2H3;6H,1,3-4H2,2H3. The van der Waals surface area contributed by atoms with Gasteiger partial charge in [0.1, 0.15) is 30.7 Å². The normalized spacial score (nSPS) is 30.4. The van der Waals surface area contributed by atoms with E-state index < -0.39 is 24.1 Å². The Morgan fingerprint density at radius 3 is 2.07 bits per heavy atom. The van der Waals surface area contributed by atoms with Crippen LogP contribution in [0.2, 0.25) is 0 Å². The maximum atomic E-state index is 11.0. The number of esters is 3. The van der Waals surface area contributed by atoms with Gasteiger partial charge in [-0.05, 0) is 39.2 Å². The lowest BCUT2D eigenvalue weighted by Gasteiger charge is -2.27. The van der Waals surface area contributed by atoms with Crippen LogP contribution >= 0.6 is 0 Å². The summed E-state index contributed by atoms with van der Waals surface area (Å²) < 4.78 is 31.7. The molecular weight excluding hydrogens is 532 g/mol. The number of rotatable bonds is 7. The van der Waals surface area contributed by atoms with Crippen LogP contribution in [0.5, 0.6) is 0 Å². The van der Waals surface area contributed by atoms with Crippen molar-refractivity contribution in [2.24, 2.45) is 11.8 Å². The van der Waals surface area contributed by atoms with Gasteiger partial charge in [0.15, 0.2) is 11.9 Å². The highest BCUT2D eigenvalue weighted by Crippen LogP contribution is 2.51. The number of ketones is 1. The summed E-state index contributed by atoms with van der Waals surface area (Å²) in [6.07, 6.45) is 2.58. The molecule has 4 heterocycles. The van der Waals surface area contributed by atoms with Gasteiger partial charge >= 0.3 is 17.9 Å². The van der Waals surface area contributed by atoms with Gasteiger partial charge in [0.25, 0.3) is 0 Å². The van der Waals surface area contributed by atoms with Gasteiger partial charge < -0.3 is 28.4 Å². The molecule has 0 spiro atoms. The van der Waals surface area contributed by atoms with E-state index in [2.05, 4.69) is 37.6 Å². The highest BCUT2D eigenvalue weighted by atomic mass is 16.6. The minimum atomic E-state index is -0.505. The third-order valence-electron chi connectivity index (χ3n) is 7.35. The lowest BCUT2D eigenvalue weighted by molar-refractivity contribution is -0.149. The molecular formula is C31H40O10. The van der Waals surface area contributed by atoms with Crippen molar-refractivity contribution in [3.8, 4) is 0 Å². The van der Waals surface area contributed by atoms with Gasteiger partial charge in [-0.3, -0.25) is 9.59 Å². The zero-order valence-electron chi connectivity index (χ0n) is 24.1. The summed E-state index contributed by atoms with van der Waals surface area (Å²) in [4.78, 5) is 43.5. The quantitative estimate of drug-likeness (QED) is 0.145. The van der Waals surface area contributed by atoms with Crippen LogP contribution in [-0.4, -0.2) is 67.4 Å². The fraction of sp³-hybridized carbons (Fsp3) is 0.548. The van der Waals surface area contributed by atoms with Crippen LogP contribution in [0.3, 0.4) is 0 Å². The Hall–Kier alpha value is -3.66. The van der Waals surface area contributed by atoms with E-state index in [-0.39, 0.29) is 43.1 Å². The minimum absolute atomic E-state index is 0.0320. The van der Waals surface area contributed by atoms with Crippen LogP contribution in [0.15, 0.2) is 61.1 Å². The Morgan fingerprint density at radius 1 is 0.878 bits per heavy atom. The van der Waals surface area contributed by atoms with E-state index in [4.69, 9.17) is 23.7 Å². The summed E-state index contributed by atoms with van der Waals surface area (Å²) in [5, 5.41) is 0. The summed E-state index contributed by atoms with van der Waals surface area (Å²) in [7, 11) is 0. The van der Waals surface area contributed by atoms with Crippen LogP contribution in [0.25, 0.3) is 0 Å². The van der Waals surface area contributed by atoms with Crippen molar-refractivity contribution in [3.05, 3.63) is 61.1 Å². The van der Waals surface area contributed by atoms with E-state index in [1.54, 1.807) is 13.8 Å². The number of hydrogen-bond acceptors (Lipinski definition) is 10. The van der Waals surface area contributed by atoms with Crippen molar-refractivity contribution in [3.63, 3.8) is 0 Å². The van der Waals surface area contributed by atoms with Gasteiger partial charge in [-0.25, -0.2) is 9.59 Å². The number of fused-ring (bicyclic) bond motifs is 5. The maximum absolute atomic E-state index is 11.0. The topological polar surface area (TPSA) is 124 Å². The summed E-state index contributed by atoms with van der Waals surface area (Å²) in [6.45, 7) is 24.5. The minimum Gasteiger partial charge on any atom is -0.498 e. The molecule has 41 heavy (non-hydrogen) atoms. The van der Waals surface area contributed by atoms with Crippen molar-refractivity contribution in [2.45, 2.75) is 83.4 Å². The molecule has 0 N–H and O–H groups in total. The van der Waals surface area contributed by atoms with Crippen LogP contribution in [0, 0.1) is 11.8 Å². The molecule has 0 aromatic heterocycles. The molecule has 0 amide bonds. The molecule has 2 bridgehead atoms. The van der Waals surface area contributed by atoms with E-state index in [0.717, 1.165) is 30.8 Å². The Balaban J connectivity index is 0.000000174. The van der Waals surface area contributed by atoms with Gasteiger partial charge in [-0.15, -0.1) is 0 Å². The van der Waals surface area contributed by atoms with Crippen LogP contribution < -0.4 is 0 Å². The lowest BCUT2D eigenvalue weighted by atomic mass is 9.79. The number of allylic oxidation sites excluding steroid dienone is 1. The van der Waals surface area contributed by atoms with E-state index in [1.807, 2.05) is 6.92 Å². The highest BCUT2D eigenvalue weighted by molar-refractivity contribution is 5.92. The SMILES string of the molecule is C=C(C)C(=C)OC1CC2OC1C1C(=C)OCC21.C=C(C)C(=O)OC1CCCC1=O.C=C(C)C(=O)OC1COC(=O)C1. The van der Waals surface area contributed by atoms with E-state index >= 15 is 0 Å². The molecule has 1 saturated carbocycles. The number of carbonyl (C=O) groups is 4. The molecule has 7 atom stereocenters. The smallest absolute Gasteiger partial charge is 0.333 e. The van der Waals surface area contributed by atoms with E-state index in [0.29, 0.717) is 41.6 Å². The van der Waals surface area contributed by atoms with Gasteiger partial charge in [-0.1, -0.05) is 32.9 Å². The van der Waals surface area contributed by atoms with Crippen molar-refractivity contribution in [1.29, 1.82) is 0 Å². The van der Waals surface area contributed by atoms with Gasteiger partial charge in [0, 0.05) is 29.9 Å². The average Bonchev–Trinajstić information content (AvgIpc) is 3.72. The molecule has 10 heteroatoms. The molecule has 7 unspecified atom stereocenters. The Morgan fingerprint density at radius 2 is 1.54 bits per heavy atom. The highest BCUT2D eigenvalue weighted by Gasteiger charge is 2.59. The Bertz CT molecular complexity index is 1130. The molecule has 5 fully saturated rings. The molecule has 1 aliphatic carbocycles. The third kappa shape index (κ3) is 8.19. The van der Waals surface area contributed by atoms with Crippen molar-refractivity contribution >= 4 is 23.7 Å². The first-order chi connectivity index (χ1) is 19.3. The van der Waals surface area contributed by atoms with Gasteiger partial charge in [-0.2, -0.15) is 0 Å². The van der Waals surface area contributed by atoms with E-state index in [9.17, 15) is 19.2 Å². The molecule has 0 aromatic rings. The van der Waals surface area contributed by atoms with Crippen molar-refractivity contribution in [2.75, 3.05) is 13.2 Å². The number of ether oxygens (including phenoxy) is 6. The third-order valence-corrected chi connectivity index (χ3v) is 7.35. The first-order valence-corrected chi connectivity index (χ1v) is 13.7. The van der Waals surface area contributed by atoms with Crippen LogP contribution in [0.4, 0.5) is 0 Å². The fourth-order valence-corrected chi connectivity index (χ4v) is 5.06. The second-order valence-corrected chi connectivity index (χ2v) is 10.9. The van der Waals surface area contributed by atoms with Crippen molar-refractivity contribution in [1.82, 2.24) is 0 Å². The first-order valence-electron chi connectivity index (χ1n) is 13.7. The number of Topliss-reactive ketones (excluding diaryl/α,β-unsaturated/α-hetero) is 1. The molecule has 5 rings (SSSR count). The average molecular weight is 573 g/mol. The van der Waals surface area contributed by atoms with Crippen molar-refractivity contribution < 1.29 is 47.6 Å². The van der Waals surface area contributed by atoms with Gasteiger partial charge in [0.05, 0.1) is 30.8 Å².